The summed E-state index contributed by atoms with van der Waals surface area (Å²) < 4.78 is 11.2. The molecule has 1 atom stereocenters. The average molecular weight is 258 g/mol. The van der Waals surface area contributed by atoms with E-state index >= 15 is 0 Å². The first-order valence-electron chi connectivity index (χ1n) is 6.88. The number of carbonyl (C=O) groups is 1. The van der Waals surface area contributed by atoms with Crippen molar-refractivity contribution in [2.45, 2.75) is 32.8 Å². The van der Waals surface area contributed by atoms with Crippen LogP contribution in [0.1, 0.15) is 26.7 Å². The quantitative estimate of drug-likeness (QED) is 0.649. The fourth-order valence-corrected chi connectivity index (χ4v) is 1.91. The van der Waals surface area contributed by atoms with Gasteiger partial charge in [-0.25, -0.2) is 0 Å². The molecule has 18 heavy (non-hydrogen) atoms. The van der Waals surface area contributed by atoms with Gasteiger partial charge in [-0.05, 0) is 6.42 Å². The lowest BCUT2D eigenvalue weighted by atomic mass is 10.2. The summed E-state index contributed by atoms with van der Waals surface area (Å²) in [5.74, 6) is -0.00128. The maximum absolute atomic E-state index is 10.8. The molecule has 1 N–H and O–H groups in total. The van der Waals surface area contributed by atoms with E-state index in [0.29, 0.717) is 6.54 Å². The van der Waals surface area contributed by atoms with Crippen molar-refractivity contribution in [2.24, 2.45) is 0 Å². The number of unbranched alkanes of at least 4 members (excludes halogenated alkanes) is 1. The van der Waals surface area contributed by atoms with Gasteiger partial charge >= 0.3 is 0 Å². The Morgan fingerprint density at radius 3 is 3.06 bits per heavy atom. The van der Waals surface area contributed by atoms with Crippen LogP contribution in [0.15, 0.2) is 0 Å². The lowest BCUT2D eigenvalue weighted by molar-refractivity contribution is -0.120. The maximum Gasteiger partial charge on any atom is 0.216 e. The molecule has 0 aromatic rings. The molecule has 0 aliphatic carbocycles. The van der Waals surface area contributed by atoms with E-state index < -0.39 is 0 Å². The third-order valence-corrected chi connectivity index (χ3v) is 3.00. The van der Waals surface area contributed by atoms with Crippen LogP contribution in [-0.4, -0.2) is 62.9 Å². The van der Waals surface area contributed by atoms with Crippen molar-refractivity contribution in [3.8, 4) is 0 Å². The number of carbonyl (C=O) groups excluding carboxylic acids is 1. The molecule has 1 aliphatic rings. The Labute approximate surface area is 110 Å². The van der Waals surface area contributed by atoms with E-state index in [1.54, 1.807) is 0 Å². The van der Waals surface area contributed by atoms with Crippen LogP contribution in [0.5, 0.6) is 0 Å². The van der Waals surface area contributed by atoms with Gasteiger partial charge in [-0.3, -0.25) is 9.69 Å². The molecule has 1 fully saturated rings. The molecular formula is C13H26N2O3. The molecule has 0 aromatic heterocycles. The van der Waals surface area contributed by atoms with E-state index in [0.717, 1.165) is 45.9 Å². The Hall–Kier alpha value is -0.650. The molecule has 106 valence electrons. The van der Waals surface area contributed by atoms with Crippen molar-refractivity contribution in [1.29, 1.82) is 0 Å². The molecule has 1 saturated heterocycles. The van der Waals surface area contributed by atoms with Crippen LogP contribution in [0.4, 0.5) is 0 Å². The Balaban J connectivity index is 2.08. The number of hydrogen-bond acceptors (Lipinski definition) is 4. The van der Waals surface area contributed by atoms with Crippen LogP contribution in [0.3, 0.4) is 0 Å². The second-order valence-electron chi connectivity index (χ2n) is 4.70. The molecular weight excluding hydrogens is 232 g/mol. The third kappa shape index (κ3) is 6.93. The zero-order valence-corrected chi connectivity index (χ0v) is 11.6. The summed E-state index contributed by atoms with van der Waals surface area (Å²) in [7, 11) is 0. The summed E-state index contributed by atoms with van der Waals surface area (Å²) in [5.41, 5.74) is 0. The van der Waals surface area contributed by atoms with Crippen LogP contribution < -0.4 is 5.32 Å². The molecule has 5 nitrogen and oxygen atoms in total. The van der Waals surface area contributed by atoms with Crippen molar-refractivity contribution in [3.63, 3.8) is 0 Å². The molecule has 1 amide bonds. The topological polar surface area (TPSA) is 50.8 Å². The van der Waals surface area contributed by atoms with Gasteiger partial charge in [0.1, 0.15) is 0 Å². The highest BCUT2D eigenvalue weighted by Gasteiger charge is 2.20. The summed E-state index contributed by atoms with van der Waals surface area (Å²) in [4.78, 5) is 13.2. The molecule has 1 heterocycles. The minimum Gasteiger partial charge on any atom is -0.380 e. The molecule has 0 bridgehead atoms. The van der Waals surface area contributed by atoms with Crippen molar-refractivity contribution in [1.82, 2.24) is 10.2 Å². The number of hydrogen-bond donors (Lipinski definition) is 1. The molecule has 0 radical (unpaired) electrons. The van der Waals surface area contributed by atoms with Crippen molar-refractivity contribution in [2.75, 3.05) is 46.0 Å². The molecule has 1 unspecified atom stereocenters. The Morgan fingerprint density at radius 2 is 2.33 bits per heavy atom. The van der Waals surface area contributed by atoms with Gasteiger partial charge in [-0.2, -0.15) is 0 Å². The van der Waals surface area contributed by atoms with Gasteiger partial charge < -0.3 is 14.8 Å². The molecule has 1 aliphatic heterocycles. The summed E-state index contributed by atoms with van der Waals surface area (Å²) in [6.07, 6.45) is 2.42. The van der Waals surface area contributed by atoms with Gasteiger partial charge in [-0.15, -0.1) is 0 Å². The van der Waals surface area contributed by atoms with Crippen LogP contribution in [0.25, 0.3) is 0 Å². The van der Waals surface area contributed by atoms with Crippen LogP contribution >= 0.6 is 0 Å². The maximum atomic E-state index is 10.8. The Kier molecular flexibility index (Phi) is 7.96. The molecule has 0 saturated carbocycles. The Morgan fingerprint density at radius 1 is 1.50 bits per heavy atom. The van der Waals surface area contributed by atoms with Gasteiger partial charge in [0.25, 0.3) is 0 Å². The van der Waals surface area contributed by atoms with Gasteiger partial charge in [0.15, 0.2) is 0 Å². The zero-order chi connectivity index (χ0) is 13.2. The summed E-state index contributed by atoms with van der Waals surface area (Å²) in [6.45, 7) is 9.44. The first kappa shape index (κ1) is 15.4. The molecule has 0 spiro atoms. The number of rotatable bonds is 8. The fourth-order valence-electron chi connectivity index (χ4n) is 1.91. The minimum absolute atomic E-state index is 0.00128. The highest BCUT2D eigenvalue weighted by Crippen LogP contribution is 2.04. The monoisotopic (exact) mass is 258 g/mol. The highest BCUT2D eigenvalue weighted by atomic mass is 16.5. The van der Waals surface area contributed by atoms with Gasteiger partial charge in [0.2, 0.25) is 5.91 Å². The Bertz CT molecular complexity index is 236. The lowest BCUT2D eigenvalue weighted by Gasteiger charge is -2.32. The summed E-state index contributed by atoms with van der Waals surface area (Å²) in [5, 5.41) is 2.80. The van der Waals surface area contributed by atoms with Gasteiger partial charge in [-0.1, -0.05) is 13.3 Å². The largest absolute Gasteiger partial charge is 0.380 e. The minimum atomic E-state index is -0.00128. The van der Waals surface area contributed by atoms with E-state index in [2.05, 4.69) is 17.1 Å². The zero-order valence-electron chi connectivity index (χ0n) is 11.6. The van der Waals surface area contributed by atoms with E-state index in [4.69, 9.17) is 9.47 Å². The SMILES string of the molecule is CCCCOCCN1CCOC(CNC(C)=O)C1. The van der Waals surface area contributed by atoms with Crippen molar-refractivity contribution in [3.05, 3.63) is 0 Å². The van der Waals surface area contributed by atoms with E-state index in [9.17, 15) is 4.79 Å². The van der Waals surface area contributed by atoms with Crippen molar-refractivity contribution >= 4 is 5.91 Å². The number of nitrogens with zero attached hydrogens (tertiary/aromatic N) is 1. The number of morpholine rings is 1. The van der Waals surface area contributed by atoms with Crippen molar-refractivity contribution < 1.29 is 14.3 Å². The van der Waals surface area contributed by atoms with E-state index in [-0.39, 0.29) is 12.0 Å². The predicted octanol–water partition coefficient (Wildman–Crippen LogP) is 0.640. The molecule has 5 heteroatoms. The number of nitrogens with one attached hydrogen (secondary N) is 1. The summed E-state index contributed by atoms with van der Waals surface area (Å²) >= 11 is 0. The normalized spacial score (nSPS) is 20.9. The smallest absolute Gasteiger partial charge is 0.216 e. The second-order valence-corrected chi connectivity index (χ2v) is 4.70. The van der Waals surface area contributed by atoms with Gasteiger partial charge in [0.05, 0.1) is 19.3 Å². The van der Waals surface area contributed by atoms with E-state index in [1.807, 2.05) is 0 Å². The second kappa shape index (κ2) is 9.30. The standard InChI is InChI=1S/C13H26N2O3/c1-3-4-7-17-8-5-15-6-9-18-13(11-15)10-14-12(2)16/h13H,3-11H2,1-2H3,(H,14,16). The first-order valence-corrected chi connectivity index (χ1v) is 6.88. The highest BCUT2D eigenvalue weighted by molar-refractivity contribution is 5.72. The molecule has 0 aromatic carbocycles. The predicted molar refractivity (Wildman–Crippen MR) is 70.6 cm³/mol. The average Bonchev–Trinajstić information content (AvgIpc) is 2.37. The van der Waals surface area contributed by atoms with Crippen LogP contribution in [-0.2, 0) is 14.3 Å². The van der Waals surface area contributed by atoms with Crippen LogP contribution in [0, 0.1) is 0 Å². The van der Waals surface area contributed by atoms with Gasteiger partial charge in [0, 0.05) is 39.7 Å². The first-order chi connectivity index (χ1) is 8.72. The fraction of sp³-hybridized carbons (Fsp3) is 0.923. The number of ether oxygens (including phenoxy) is 2. The van der Waals surface area contributed by atoms with Crippen LogP contribution in [0.2, 0.25) is 0 Å². The molecule has 1 rings (SSSR count). The lowest BCUT2D eigenvalue weighted by Crippen LogP contribution is -2.48. The van der Waals surface area contributed by atoms with E-state index in [1.165, 1.54) is 13.3 Å². The summed E-state index contributed by atoms with van der Waals surface area (Å²) in [6, 6.07) is 0. The third-order valence-electron chi connectivity index (χ3n) is 3.00. The number of amides is 1.